The van der Waals surface area contributed by atoms with Gasteiger partial charge in [0.2, 0.25) is 0 Å². The number of fused-ring (bicyclic) bond motifs is 1. The highest BCUT2D eigenvalue weighted by atomic mass is 32.2. The van der Waals surface area contributed by atoms with E-state index in [1.54, 1.807) is 18.2 Å². The van der Waals surface area contributed by atoms with Gasteiger partial charge in [0.25, 0.3) is 0 Å². The van der Waals surface area contributed by atoms with Gasteiger partial charge in [-0.15, -0.1) is 0 Å². The van der Waals surface area contributed by atoms with Crippen molar-refractivity contribution in [3.63, 3.8) is 0 Å². The van der Waals surface area contributed by atoms with Gasteiger partial charge < -0.3 is 14.2 Å². The molecule has 10 heteroatoms. The van der Waals surface area contributed by atoms with E-state index in [2.05, 4.69) is 4.74 Å². The standard InChI is InChI=1S/C15H16F2O7S/c16-15(17,25(19,20)21)8-24-14(18)11-3-9-1-2-12(5-10(9)4-11)22-6-13-7-23-13/h1-2,5,11,13H,3-4,6-8H2,(H,19,20,21). The molecule has 1 aliphatic heterocycles. The van der Waals surface area contributed by atoms with Crippen LogP contribution in [0.25, 0.3) is 0 Å². The molecule has 3 rings (SSSR count). The van der Waals surface area contributed by atoms with Crippen molar-refractivity contribution in [3.05, 3.63) is 29.3 Å². The molecule has 7 nitrogen and oxygen atoms in total. The van der Waals surface area contributed by atoms with Gasteiger partial charge in [-0.05, 0) is 36.1 Å². The normalized spacial score (nSPS) is 22.4. The minimum atomic E-state index is -5.63. The average Bonchev–Trinajstić information content (AvgIpc) is 3.26. The summed E-state index contributed by atoms with van der Waals surface area (Å²) in [6.07, 6.45) is 0.695. The average molecular weight is 378 g/mol. The fourth-order valence-corrected chi connectivity index (χ4v) is 2.76. The van der Waals surface area contributed by atoms with Crippen molar-refractivity contribution in [2.75, 3.05) is 19.8 Å². The van der Waals surface area contributed by atoms with Crippen LogP contribution in [0.2, 0.25) is 0 Å². The summed E-state index contributed by atoms with van der Waals surface area (Å²) in [5, 5.41) is -4.53. The van der Waals surface area contributed by atoms with Gasteiger partial charge in [0.05, 0.1) is 12.5 Å². The Labute approximate surface area is 142 Å². The van der Waals surface area contributed by atoms with Crippen molar-refractivity contribution in [2.45, 2.75) is 24.2 Å². The number of epoxide rings is 1. The third-order valence-electron chi connectivity index (χ3n) is 4.04. The Balaban J connectivity index is 1.56. The van der Waals surface area contributed by atoms with E-state index >= 15 is 0 Å². The third-order valence-corrected chi connectivity index (χ3v) is 4.91. The Morgan fingerprint density at radius 1 is 1.32 bits per heavy atom. The lowest BCUT2D eigenvalue weighted by Gasteiger charge is -2.15. The lowest BCUT2D eigenvalue weighted by molar-refractivity contribution is -0.154. The summed E-state index contributed by atoms with van der Waals surface area (Å²) in [6.45, 7) is -0.602. The summed E-state index contributed by atoms with van der Waals surface area (Å²) < 4.78 is 70.6. The molecule has 2 unspecified atom stereocenters. The molecule has 1 saturated heterocycles. The van der Waals surface area contributed by atoms with Gasteiger partial charge in [0, 0.05) is 0 Å². The van der Waals surface area contributed by atoms with Crippen molar-refractivity contribution in [3.8, 4) is 5.75 Å². The van der Waals surface area contributed by atoms with E-state index in [4.69, 9.17) is 14.0 Å². The Bertz CT molecular complexity index is 774. The number of carbonyl (C=O) groups excluding carboxylic acids is 1. The summed E-state index contributed by atoms with van der Waals surface area (Å²) in [5.74, 6) is -0.997. The molecule has 25 heavy (non-hydrogen) atoms. The molecule has 1 aromatic rings. The highest BCUT2D eigenvalue weighted by Gasteiger charge is 2.46. The summed E-state index contributed by atoms with van der Waals surface area (Å²) in [7, 11) is -5.63. The second-order valence-electron chi connectivity index (χ2n) is 6.02. The summed E-state index contributed by atoms with van der Waals surface area (Å²) >= 11 is 0. The van der Waals surface area contributed by atoms with E-state index in [-0.39, 0.29) is 12.5 Å². The number of alkyl halides is 2. The van der Waals surface area contributed by atoms with Crippen LogP contribution in [0.15, 0.2) is 18.2 Å². The minimum absolute atomic E-state index is 0.112. The number of halogens is 2. The summed E-state index contributed by atoms with van der Waals surface area (Å²) in [4.78, 5) is 11.9. The number of hydrogen-bond acceptors (Lipinski definition) is 6. The maximum absolute atomic E-state index is 13.1. The number of ether oxygens (including phenoxy) is 3. The van der Waals surface area contributed by atoms with Crippen LogP contribution in [0.5, 0.6) is 5.75 Å². The molecule has 138 valence electrons. The van der Waals surface area contributed by atoms with Crippen molar-refractivity contribution < 1.29 is 40.8 Å². The maximum Gasteiger partial charge on any atom is 0.402 e. The zero-order valence-electron chi connectivity index (χ0n) is 13.0. The Kier molecular flexibility index (Phi) is 4.69. The predicted octanol–water partition coefficient (Wildman–Crippen LogP) is 1.20. The van der Waals surface area contributed by atoms with Crippen LogP contribution in [0.4, 0.5) is 8.78 Å². The van der Waals surface area contributed by atoms with Crippen LogP contribution in [-0.4, -0.2) is 50.1 Å². The van der Waals surface area contributed by atoms with Crippen molar-refractivity contribution in [2.24, 2.45) is 5.92 Å². The SMILES string of the molecule is O=C(OCC(F)(F)S(=O)(=O)O)C1Cc2ccc(OCC3CO3)cc2C1. The summed E-state index contributed by atoms with van der Waals surface area (Å²) in [5.41, 5.74) is 1.72. The fraction of sp³-hybridized carbons (Fsp3) is 0.533. The second kappa shape index (κ2) is 6.50. The third kappa shape index (κ3) is 4.25. The highest BCUT2D eigenvalue weighted by Crippen LogP contribution is 2.31. The van der Waals surface area contributed by atoms with Gasteiger partial charge >= 0.3 is 21.3 Å². The van der Waals surface area contributed by atoms with E-state index < -0.39 is 33.9 Å². The van der Waals surface area contributed by atoms with Crippen molar-refractivity contribution in [1.82, 2.24) is 0 Å². The quantitative estimate of drug-likeness (QED) is 0.432. The Hall–Kier alpha value is -1.78. The molecule has 1 N–H and O–H groups in total. The molecule has 1 heterocycles. The molecule has 0 bridgehead atoms. The van der Waals surface area contributed by atoms with Gasteiger partial charge in [-0.3, -0.25) is 9.35 Å². The van der Waals surface area contributed by atoms with Crippen LogP contribution < -0.4 is 4.74 Å². The van der Waals surface area contributed by atoms with E-state index in [9.17, 15) is 22.0 Å². The first kappa shape index (κ1) is 18.0. The second-order valence-corrected chi connectivity index (χ2v) is 7.57. The fourth-order valence-electron chi connectivity index (χ4n) is 2.55. The largest absolute Gasteiger partial charge is 0.491 e. The number of esters is 1. The van der Waals surface area contributed by atoms with Crippen LogP contribution >= 0.6 is 0 Å². The van der Waals surface area contributed by atoms with Crippen LogP contribution in [0.3, 0.4) is 0 Å². The molecule has 0 aromatic heterocycles. The first-order valence-electron chi connectivity index (χ1n) is 7.53. The highest BCUT2D eigenvalue weighted by molar-refractivity contribution is 7.86. The zero-order valence-corrected chi connectivity index (χ0v) is 13.8. The number of carbonyl (C=O) groups is 1. The van der Waals surface area contributed by atoms with Crippen LogP contribution in [0.1, 0.15) is 11.1 Å². The lowest BCUT2D eigenvalue weighted by atomic mass is 10.1. The lowest BCUT2D eigenvalue weighted by Crippen LogP contribution is -2.35. The van der Waals surface area contributed by atoms with E-state index in [1.165, 1.54) is 0 Å². The number of hydrogen-bond donors (Lipinski definition) is 1. The molecule has 0 saturated carbocycles. The monoisotopic (exact) mass is 378 g/mol. The molecule has 1 aromatic carbocycles. The van der Waals surface area contributed by atoms with E-state index in [0.29, 0.717) is 25.4 Å². The Morgan fingerprint density at radius 2 is 2.00 bits per heavy atom. The van der Waals surface area contributed by atoms with Gasteiger partial charge in [0.15, 0.2) is 6.61 Å². The Morgan fingerprint density at radius 3 is 2.64 bits per heavy atom. The molecule has 0 amide bonds. The topological polar surface area (TPSA) is 102 Å². The van der Waals surface area contributed by atoms with Crippen LogP contribution in [0, 0.1) is 5.92 Å². The van der Waals surface area contributed by atoms with Gasteiger partial charge in [-0.1, -0.05) is 6.07 Å². The van der Waals surface area contributed by atoms with E-state index in [1.807, 2.05) is 0 Å². The summed E-state index contributed by atoms with van der Waals surface area (Å²) in [6, 6.07) is 5.32. The van der Waals surface area contributed by atoms with Gasteiger partial charge in [-0.2, -0.15) is 17.2 Å². The number of rotatable bonds is 7. The molecule has 0 spiro atoms. The van der Waals surface area contributed by atoms with Crippen molar-refractivity contribution >= 4 is 16.1 Å². The molecule has 2 aliphatic rings. The molecular formula is C15H16F2O7S. The smallest absolute Gasteiger partial charge is 0.402 e. The first-order chi connectivity index (χ1) is 11.7. The first-order valence-corrected chi connectivity index (χ1v) is 8.97. The minimum Gasteiger partial charge on any atom is -0.491 e. The van der Waals surface area contributed by atoms with E-state index in [0.717, 1.165) is 11.1 Å². The van der Waals surface area contributed by atoms with Gasteiger partial charge in [0.1, 0.15) is 18.5 Å². The zero-order chi connectivity index (χ0) is 18.2. The molecular weight excluding hydrogens is 362 g/mol. The molecule has 0 radical (unpaired) electrons. The molecule has 1 fully saturated rings. The number of benzene rings is 1. The maximum atomic E-state index is 13.1. The molecule has 1 aliphatic carbocycles. The van der Waals surface area contributed by atoms with Crippen LogP contribution in [-0.2, 0) is 37.2 Å². The predicted molar refractivity (Wildman–Crippen MR) is 80.0 cm³/mol. The van der Waals surface area contributed by atoms with Crippen molar-refractivity contribution in [1.29, 1.82) is 0 Å². The van der Waals surface area contributed by atoms with Gasteiger partial charge in [-0.25, -0.2) is 0 Å². The molecule has 2 atom stereocenters.